The third kappa shape index (κ3) is 2.65. The largest absolute Gasteiger partial charge is 0.304 e. The summed E-state index contributed by atoms with van der Waals surface area (Å²) in [5, 5.41) is 4.22. The molecule has 1 heterocycles. The lowest BCUT2D eigenvalue weighted by Crippen LogP contribution is -2.26. The summed E-state index contributed by atoms with van der Waals surface area (Å²) in [7, 11) is 0. The van der Waals surface area contributed by atoms with Gasteiger partial charge in [0.15, 0.2) is 0 Å². The Balaban J connectivity index is 2.11. The predicted octanol–water partition coefficient (Wildman–Crippen LogP) is 3.32. The summed E-state index contributed by atoms with van der Waals surface area (Å²) in [6, 6.07) is 8.04. The molecule has 0 saturated heterocycles. The van der Waals surface area contributed by atoms with Gasteiger partial charge < -0.3 is 5.43 Å². The van der Waals surface area contributed by atoms with Crippen LogP contribution < -0.4 is 5.43 Å². The summed E-state index contributed by atoms with van der Waals surface area (Å²) in [6.07, 6.45) is 0.763. The minimum atomic E-state index is -0.429. The molecule has 15 heavy (non-hydrogen) atoms. The maximum Gasteiger partial charge on any atom is 0.129 e. The van der Waals surface area contributed by atoms with Gasteiger partial charge in [-0.05, 0) is 17.7 Å². The van der Waals surface area contributed by atoms with Gasteiger partial charge in [-0.3, -0.25) is 0 Å². The van der Waals surface area contributed by atoms with Crippen molar-refractivity contribution >= 4 is 44.8 Å². The highest BCUT2D eigenvalue weighted by atomic mass is 79.9. The van der Waals surface area contributed by atoms with E-state index >= 15 is 0 Å². The number of nitrogens with zero attached hydrogens (tertiary/aromatic N) is 1. The van der Waals surface area contributed by atoms with Gasteiger partial charge in [-0.25, -0.2) is 0 Å². The molecule has 1 atom stereocenters. The summed E-state index contributed by atoms with van der Waals surface area (Å²) >= 11 is 15.0. The average Bonchev–Trinajstić information content (AvgIpc) is 2.68. The molecule has 1 unspecified atom stereocenters. The van der Waals surface area contributed by atoms with Crippen molar-refractivity contribution < 1.29 is 0 Å². The van der Waals surface area contributed by atoms with E-state index in [2.05, 4.69) is 26.5 Å². The lowest BCUT2D eigenvalue weighted by atomic mass is 10.1. The fourth-order valence-electron chi connectivity index (χ4n) is 1.43. The Hall–Kier alpha value is -0.250. The average molecular weight is 308 g/mol. The minimum absolute atomic E-state index is 0.0204. The summed E-state index contributed by atoms with van der Waals surface area (Å²) in [5.74, 6) is 0. The van der Waals surface area contributed by atoms with E-state index in [1.807, 2.05) is 24.3 Å². The van der Waals surface area contributed by atoms with Crippen molar-refractivity contribution in [1.82, 2.24) is 5.43 Å². The monoisotopic (exact) mass is 306 g/mol. The van der Waals surface area contributed by atoms with Crippen LogP contribution in [0.3, 0.4) is 0 Å². The fourth-order valence-corrected chi connectivity index (χ4v) is 1.99. The Kier molecular flexibility index (Phi) is 3.54. The van der Waals surface area contributed by atoms with Crippen molar-refractivity contribution in [3.05, 3.63) is 34.3 Å². The Bertz CT molecular complexity index is 376. The van der Waals surface area contributed by atoms with Crippen LogP contribution in [0.25, 0.3) is 0 Å². The molecule has 1 N–H and O–H groups in total. The van der Waals surface area contributed by atoms with Gasteiger partial charge in [-0.1, -0.05) is 28.1 Å². The van der Waals surface area contributed by atoms with Crippen LogP contribution in [0.2, 0.25) is 0 Å². The van der Waals surface area contributed by atoms with E-state index in [9.17, 15) is 0 Å². The molecule has 0 bridgehead atoms. The molecule has 0 saturated carbocycles. The molecule has 0 radical (unpaired) electrons. The number of hydrazone groups is 1. The topological polar surface area (TPSA) is 24.4 Å². The predicted molar refractivity (Wildman–Crippen MR) is 67.7 cm³/mol. The van der Waals surface area contributed by atoms with Gasteiger partial charge in [0.2, 0.25) is 0 Å². The first kappa shape index (κ1) is 11.2. The standard InChI is InChI=1S/C10H9BrCl2N2/c11-7-3-1-6(2-4-7)8-5-9(10(12)13)15-14-8/h1-4,9-10,15H,5H2. The molecule has 0 aliphatic carbocycles. The van der Waals surface area contributed by atoms with Crippen molar-refractivity contribution in [2.24, 2.45) is 5.10 Å². The Labute approximate surface area is 107 Å². The van der Waals surface area contributed by atoms with E-state index in [0.29, 0.717) is 0 Å². The van der Waals surface area contributed by atoms with E-state index in [1.54, 1.807) is 0 Å². The molecule has 5 heteroatoms. The van der Waals surface area contributed by atoms with Crippen LogP contribution in [0, 0.1) is 0 Å². The minimum Gasteiger partial charge on any atom is -0.304 e. The van der Waals surface area contributed by atoms with Crippen molar-refractivity contribution in [2.75, 3.05) is 0 Å². The second-order valence-corrected chi connectivity index (χ2v) is 5.42. The molecule has 0 spiro atoms. The SMILES string of the molecule is ClC(Cl)C1CC(c2ccc(Br)cc2)=NN1. The van der Waals surface area contributed by atoms with Gasteiger partial charge in [-0.2, -0.15) is 5.10 Å². The van der Waals surface area contributed by atoms with Crippen LogP contribution in [0.15, 0.2) is 33.8 Å². The maximum atomic E-state index is 5.78. The zero-order chi connectivity index (χ0) is 10.8. The van der Waals surface area contributed by atoms with Crippen molar-refractivity contribution in [3.63, 3.8) is 0 Å². The van der Waals surface area contributed by atoms with Crippen LogP contribution in [0.1, 0.15) is 12.0 Å². The molecule has 1 aromatic carbocycles. The van der Waals surface area contributed by atoms with E-state index in [-0.39, 0.29) is 6.04 Å². The third-order valence-electron chi connectivity index (χ3n) is 2.26. The molecule has 2 rings (SSSR count). The molecule has 2 nitrogen and oxygen atoms in total. The second kappa shape index (κ2) is 4.73. The van der Waals surface area contributed by atoms with Gasteiger partial charge in [0, 0.05) is 10.9 Å². The number of hydrogen-bond donors (Lipinski definition) is 1. The Morgan fingerprint density at radius 1 is 1.33 bits per heavy atom. The molecule has 0 aromatic heterocycles. The van der Waals surface area contributed by atoms with Crippen LogP contribution in [-0.2, 0) is 0 Å². The van der Waals surface area contributed by atoms with E-state index in [1.165, 1.54) is 0 Å². The number of nitrogens with one attached hydrogen (secondary N) is 1. The molecule has 80 valence electrons. The Morgan fingerprint density at radius 2 is 2.00 bits per heavy atom. The highest BCUT2D eigenvalue weighted by Crippen LogP contribution is 2.20. The zero-order valence-corrected chi connectivity index (χ0v) is 10.9. The smallest absolute Gasteiger partial charge is 0.129 e. The summed E-state index contributed by atoms with van der Waals surface area (Å²) in [6.45, 7) is 0. The molecule has 0 amide bonds. The van der Waals surface area contributed by atoms with Crippen LogP contribution in [0.4, 0.5) is 0 Å². The highest BCUT2D eigenvalue weighted by molar-refractivity contribution is 9.10. The number of benzene rings is 1. The fraction of sp³-hybridized carbons (Fsp3) is 0.300. The molecule has 0 fully saturated rings. The Morgan fingerprint density at radius 3 is 2.53 bits per heavy atom. The number of halogens is 3. The first-order valence-corrected chi connectivity index (χ1v) is 6.19. The summed E-state index contributed by atoms with van der Waals surface area (Å²) in [4.78, 5) is -0.429. The van der Waals surface area contributed by atoms with E-state index in [0.717, 1.165) is 22.2 Å². The quantitative estimate of drug-likeness (QED) is 0.833. The maximum absolute atomic E-state index is 5.78. The van der Waals surface area contributed by atoms with E-state index < -0.39 is 4.84 Å². The normalized spacial score (nSPS) is 20.3. The number of hydrogen-bond acceptors (Lipinski definition) is 2. The summed E-state index contributed by atoms with van der Waals surface area (Å²) < 4.78 is 1.06. The van der Waals surface area contributed by atoms with Gasteiger partial charge in [0.05, 0.1) is 11.8 Å². The van der Waals surface area contributed by atoms with Gasteiger partial charge >= 0.3 is 0 Å². The van der Waals surface area contributed by atoms with Crippen LogP contribution >= 0.6 is 39.1 Å². The van der Waals surface area contributed by atoms with Crippen LogP contribution in [-0.4, -0.2) is 16.6 Å². The van der Waals surface area contributed by atoms with Crippen molar-refractivity contribution in [3.8, 4) is 0 Å². The second-order valence-electron chi connectivity index (χ2n) is 3.34. The lowest BCUT2D eigenvalue weighted by Gasteiger charge is -2.09. The number of alkyl halides is 2. The van der Waals surface area contributed by atoms with Gasteiger partial charge in [0.1, 0.15) is 4.84 Å². The molecule has 1 aromatic rings. The third-order valence-corrected chi connectivity index (χ3v) is 3.40. The first-order chi connectivity index (χ1) is 7.16. The molecule has 1 aliphatic rings. The molecule has 1 aliphatic heterocycles. The summed E-state index contributed by atoms with van der Waals surface area (Å²) in [5.41, 5.74) is 5.03. The van der Waals surface area contributed by atoms with Crippen molar-refractivity contribution in [1.29, 1.82) is 0 Å². The van der Waals surface area contributed by atoms with Crippen molar-refractivity contribution in [2.45, 2.75) is 17.3 Å². The van der Waals surface area contributed by atoms with E-state index in [4.69, 9.17) is 23.2 Å². The lowest BCUT2D eigenvalue weighted by molar-refractivity contribution is 0.619. The van der Waals surface area contributed by atoms with Gasteiger partial charge in [0.25, 0.3) is 0 Å². The zero-order valence-electron chi connectivity index (χ0n) is 7.75. The highest BCUT2D eigenvalue weighted by Gasteiger charge is 2.24. The molecular weight excluding hydrogens is 299 g/mol. The van der Waals surface area contributed by atoms with Crippen LogP contribution in [0.5, 0.6) is 0 Å². The molecular formula is C10H9BrCl2N2. The first-order valence-electron chi connectivity index (χ1n) is 4.53. The van der Waals surface area contributed by atoms with Gasteiger partial charge in [-0.15, -0.1) is 23.2 Å². The number of rotatable bonds is 2.